The van der Waals surface area contributed by atoms with Gasteiger partial charge in [0.05, 0.1) is 0 Å². The summed E-state index contributed by atoms with van der Waals surface area (Å²) in [5, 5.41) is 0. The Balaban J connectivity index is 2.62. The second kappa shape index (κ2) is 5.46. The molecule has 0 saturated carbocycles. The first-order chi connectivity index (χ1) is 8.74. The van der Waals surface area contributed by atoms with Crippen LogP contribution in [0.1, 0.15) is 22.3 Å². The van der Waals surface area contributed by atoms with E-state index < -0.39 is 0 Å². The zero-order chi connectivity index (χ0) is 13.0. The summed E-state index contributed by atoms with van der Waals surface area (Å²) in [6, 6.07) is 16.2. The minimum Gasteiger partial charge on any atom is -0.299 e. The summed E-state index contributed by atoms with van der Waals surface area (Å²) in [7, 11) is 0. The van der Waals surface area contributed by atoms with E-state index in [0.29, 0.717) is 0 Å². The standard InChI is InChI=1S/C17H16O/c1-13-7-3-5-9-15(13)17(11-12-18)16-10-6-4-8-14(16)2/h3-12H,1-2H3. The van der Waals surface area contributed by atoms with Gasteiger partial charge in [0.15, 0.2) is 0 Å². The number of hydrogen-bond acceptors (Lipinski definition) is 1. The Hall–Kier alpha value is -2.15. The largest absolute Gasteiger partial charge is 0.299 e. The Morgan fingerprint density at radius 3 is 1.67 bits per heavy atom. The Morgan fingerprint density at radius 1 is 0.833 bits per heavy atom. The van der Waals surface area contributed by atoms with Gasteiger partial charge < -0.3 is 0 Å². The van der Waals surface area contributed by atoms with E-state index in [9.17, 15) is 4.79 Å². The predicted molar refractivity (Wildman–Crippen MR) is 75.5 cm³/mol. The molecule has 2 aromatic carbocycles. The van der Waals surface area contributed by atoms with E-state index in [1.165, 1.54) is 11.1 Å². The Labute approximate surface area is 108 Å². The zero-order valence-corrected chi connectivity index (χ0v) is 10.7. The van der Waals surface area contributed by atoms with Crippen molar-refractivity contribution < 1.29 is 4.79 Å². The lowest BCUT2D eigenvalue weighted by Crippen LogP contribution is -1.94. The highest BCUT2D eigenvalue weighted by Gasteiger charge is 2.08. The highest BCUT2D eigenvalue weighted by atomic mass is 16.1. The topological polar surface area (TPSA) is 17.1 Å². The van der Waals surface area contributed by atoms with E-state index in [4.69, 9.17) is 0 Å². The minimum absolute atomic E-state index is 0.855. The van der Waals surface area contributed by atoms with Gasteiger partial charge in [-0.25, -0.2) is 0 Å². The van der Waals surface area contributed by atoms with Crippen LogP contribution in [-0.4, -0.2) is 6.29 Å². The number of hydrogen-bond donors (Lipinski definition) is 0. The monoisotopic (exact) mass is 236 g/mol. The van der Waals surface area contributed by atoms with Crippen molar-refractivity contribution in [3.63, 3.8) is 0 Å². The zero-order valence-electron chi connectivity index (χ0n) is 10.7. The van der Waals surface area contributed by atoms with Crippen LogP contribution in [0.4, 0.5) is 0 Å². The molecular formula is C17H16O. The van der Waals surface area contributed by atoms with Crippen molar-refractivity contribution in [1.29, 1.82) is 0 Å². The number of carbonyl (C=O) groups excluding carboxylic acids is 1. The molecule has 0 aliphatic heterocycles. The summed E-state index contributed by atoms with van der Waals surface area (Å²) in [5.41, 5.74) is 5.56. The number of benzene rings is 2. The van der Waals surface area contributed by atoms with Crippen molar-refractivity contribution in [2.75, 3.05) is 0 Å². The minimum atomic E-state index is 0.855. The fourth-order valence-electron chi connectivity index (χ4n) is 2.14. The number of carbonyl (C=O) groups is 1. The van der Waals surface area contributed by atoms with Crippen LogP contribution in [-0.2, 0) is 4.79 Å². The lowest BCUT2D eigenvalue weighted by Gasteiger charge is -2.12. The fourth-order valence-corrected chi connectivity index (χ4v) is 2.14. The molecule has 0 radical (unpaired) electrons. The van der Waals surface area contributed by atoms with Gasteiger partial charge in [0.25, 0.3) is 0 Å². The third-order valence-electron chi connectivity index (χ3n) is 3.11. The first kappa shape index (κ1) is 12.3. The maximum absolute atomic E-state index is 10.9. The molecular weight excluding hydrogens is 220 g/mol. The summed E-state index contributed by atoms with van der Waals surface area (Å²) in [5.74, 6) is 0. The van der Waals surface area contributed by atoms with Gasteiger partial charge in [-0.3, -0.25) is 4.79 Å². The van der Waals surface area contributed by atoms with Crippen LogP contribution < -0.4 is 0 Å². The van der Waals surface area contributed by atoms with Gasteiger partial charge in [-0.2, -0.15) is 0 Å². The molecule has 0 atom stereocenters. The molecule has 1 heteroatoms. The summed E-state index contributed by atoms with van der Waals surface area (Å²) < 4.78 is 0. The number of rotatable bonds is 3. The number of aldehydes is 1. The molecule has 0 N–H and O–H groups in total. The molecule has 1 nitrogen and oxygen atoms in total. The van der Waals surface area contributed by atoms with Crippen LogP contribution in [0.15, 0.2) is 54.6 Å². The lowest BCUT2D eigenvalue weighted by molar-refractivity contribution is -0.104. The molecule has 0 fully saturated rings. The average Bonchev–Trinajstić information content (AvgIpc) is 2.38. The number of allylic oxidation sites excluding steroid dienone is 1. The molecule has 0 heterocycles. The Kier molecular flexibility index (Phi) is 3.73. The highest BCUT2D eigenvalue weighted by Crippen LogP contribution is 2.27. The quantitative estimate of drug-likeness (QED) is 0.583. The van der Waals surface area contributed by atoms with Crippen molar-refractivity contribution in [2.45, 2.75) is 13.8 Å². The van der Waals surface area contributed by atoms with Gasteiger partial charge in [-0.15, -0.1) is 0 Å². The third-order valence-corrected chi connectivity index (χ3v) is 3.11. The van der Waals surface area contributed by atoms with Gasteiger partial charge in [0.2, 0.25) is 0 Å². The summed E-state index contributed by atoms with van der Waals surface area (Å²) in [6.45, 7) is 4.12. The van der Waals surface area contributed by atoms with E-state index in [1.807, 2.05) is 24.3 Å². The molecule has 2 aromatic rings. The molecule has 0 amide bonds. The molecule has 0 unspecified atom stereocenters. The maximum Gasteiger partial charge on any atom is 0.143 e. The second-order valence-corrected chi connectivity index (χ2v) is 4.35. The SMILES string of the molecule is Cc1ccccc1C(=CC=O)c1ccccc1C. The Morgan fingerprint density at radius 2 is 1.28 bits per heavy atom. The smallest absolute Gasteiger partial charge is 0.143 e. The molecule has 0 aliphatic rings. The summed E-state index contributed by atoms with van der Waals surface area (Å²) in [6.07, 6.45) is 2.50. The summed E-state index contributed by atoms with van der Waals surface area (Å²) in [4.78, 5) is 10.9. The van der Waals surface area contributed by atoms with E-state index in [0.717, 1.165) is 23.0 Å². The van der Waals surface area contributed by atoms with Crippen LogP contribution in [0.2, 0.25) is 0 Å². The molecule has 0 aromatic heterocycles. The molecule has 2 rings (SSSR count). The van der Waals surface area contributed by atoms with Crippen LogP contribution >= 0.6 is 0 Å². The van der Waals surface area contributed by atoms with Gasteiger partial charge >= 0.3 is 0 Å². The van der Waals surface area contributed by atoms with E-state index in [-0.39, 0.29) is 0 Å². The van der Waals surface area contributed by atoms with E-state index in [1.54, 1.807) is 6.08 Å². The average molecular weight is 236 g/mol. The normalized spacial score (nSPS) is 9.89. The van der Waals surface area contributed by atoms with Gasteiger partial charge in [-0.1, -0.05) is 48.5 Å². The van der Waals surface area contributed by atoms with Crippen LogP contribution in [0, 0.1) is 13.8 Å². The summed E-state index contributed by atoms with van der Waals surface area (Å²) >= 11 is 0. The molecule has 0 saturated heterocycles. The van der Waals surface area contributed by atoms with Crippen molar-refractivity contribution in [2.24, 2.45) is 0 Å². The number of aryl methyl sites for hydroxylation is 2. The van der Waals surface area contributed by atoms with Crippen molar-refractivity contribution >= 4 is 11.9 Å². The van der Waals surface area contributed by atoms with Crippen molar-refractivity contribution in [3.05, 3.63) is 76.9 Å². The van der Waals surface area contributed by atoms with Crippen molar-refractivity contribution in [1.82, 2.24) is 0 Å². The van der Waals surface area contributed by atoms with Gasteiger partial charge in [-0.05, 0) is 47.8 Å². The van der Waals surface area contributed by atoms with Gasteiger partial charge in [0, 0.05) is 0 Å². The van der Waals surface area contributed by atoms with E-state index in [2.05, 4.69) is 38.1 Å². The molecule has 90 valence electrons. The highest BCUT2D eigenvalue weighted by molar-refractivity contribution is 5.91. The van der Waals surface area contributed by atoms with Gasteiger partial charge in [0.1, 0.15) is 6.29 Å². The first-order valence-corrected chi connectivity index (χ1v) is 6.01. The van der Waals surface area contributed by atoms with E-state index >= 15 is 0 Å². The molecule has 18 heavy (non-hydrogen) atoms. The fraction of sp³-hybridized carbons (Fsp3) is 0.118. The van der Waals surface area contributed by atoms with Crippen LogP contribution in [0.5, 0.6) is 0 Å². The maximum atomic E-state index is 10.9. The van der Waals surface area contributed by atoms with Crippen LogP contribution in [0.25, 0.3) is 5.57 Å². The third kappa shape index (κ3) is 2.40. The first-order valence-electron chi connectivity index (χ1n) is 6.01. The van der Waals surface area contributed by atoms with Crippen molar-refractivity contribution in [3.8, 4) is 0 Å². The Bertz CT molecular complexity index is 547. The molecule has 0 aliphatic carbocycles. The van der Waals surface area contributed by atoms with Crippen LogP contribution in [0.3, 0.4) is 0 Å². The molecule has 0 bridgehead atoms. The predicted octanol–water partition coefficient (Wildman–Crippen LogP) is 3.93. The lowest BCUT2D eigenvalue weighted by atomic mass is 9.92. The molecule has 0 spiro atoms. The second-order valence-electron chi connectivity index (χ2n) is 4.35.